The lowest BCUT2D eigenvalue weighted by Gasteiger charge is -2.30. The highest BCUT2D eigenvalue weighted by atomic mass is 16.6. The van der Waals surface area contributed by atoms with Gasteiger partial charge in [-0.2, -0.15) is 0 Å². The van der Waals surface area contributed by atoms with Gasteiger partial charge in [0.25, 0.3) is 0 Å². The standard InChI is InChI=1S/C40H58O11/c1-41-37-10-8-34(9-11-37)40(38-31-50-25-21-46-17-16-43-18-22-47-27-32-4-2-5-33(26-32)28-51-38)39-35-6-3-7-36(39)30-49-24-20-45-15-13-42-12-14-44-19-23-48-29-35/h3,6-11,32-33H,2,4-5,12-31H2,1H3/b40-38-. The van der Waals surface area contributed by atoms with Crippen LogP contribution in [0, 0.1) is 11.8 Å². The summed E-state index contributed by atoms with van der Waals surface area (Å²) in [7, 11) is 1.68. The molecule has 0 radical (unpaired) electrons. The van der Waals surface area contributed by atoms with Gasteiger partial charge in [-0.3, -0.25) is 0 Å². The summed E-state index contributed by atoms with van der Waals surface area (Å²) in [6.45, 7) is 9.39. The third-order valence-corrected chi connectivity index (χ3v) is 9.24. The van der Waals surface area contributed by atoms with Gasteiger partial charge < -0.3 is 52.1 Å². The molecule has 5 rings (SSSR count). The number of ether oxygens (including phenoxy) is 11. The number of rotatable bonds is 3. The average Bonchev–Trinajstić information content (AvgIpc) is 3.16. The Balaban J connectivity index is 1.51. The second-order valence-corrected chi connectivity index (χ2v) is 13.0. The van der Waals surface area contributed by atoms with Crippen LogP contribution in [0.15, 0.2) is 48.2 Å². The smallest absolute Gasteiger partial charge is 0.130 e. The number of methoxy groups -OCH3 is 1. The Morgan fingerprint density at radius 1 is 0.529 bits per heavy atom. The minimum absolute atomic E-state index is 0.278. The van der Waals surface area contributed by atoms with Gasteiger partial charge in [0.05, 0.1) is 119 Å². The van der Waals surface area contributed by atoms with Crippen LogP contribution in [-0.4, -0.2) is 119 Å². The first-order valence-corrected chi connectivity index (χ1v) is 18.6. The Morgan fingerprint density at radius 2 is 1.00 bits per heavy atom. The van der Waals surface area contributed by atoms with Crippen molar-refractivity contribution in [2.75, 3.05) is 119 Å². The summed E-state index contributed by atoms with van der Waals surface area (Å²) in [5, 5.41) is 0. The maximum atomic E-state index is 6.93. The molecule has 0 N–H and O–H groups in total. The molecule has 2 fully saturated rings. The third-order valence-electron chi connectivity index (χ3n) is 9.24. The molecule has 284 valence electrons. The molecule has 1 aliphatic carbocycles. The number of fused-ring (bicyclic) bond motifs is 4. The molecule has 11 nitrogen and oxygen atoms in total. The largest absolute Gasteiger partial charge is 0.497 e. The van der Waals surface area contributed by atoms with Gasteiger partial charge in [0.2, 0.25) is 0 Å². The van der Waals surface area contributed by atoms with E-state index in [1.54, 1.807) is 7.11 Å². The normalized spacial score (nSPS) is 24.8. The van der Waals surface area contributed by atoms with Crippen LogP contribution in [0.4, 0.5) is 0 Å². The van der Waals surface area contributed by atoms with Crippen molar-refractivity contribution >= 4 is 5.57 Å². The van der Waals surface area contributed by atoms with Crippen LogP contribution in [0.25, 0.3) is 5.57 Å². The Kier molecular flexibility index (Phi) is 18.5. The summed E-state index contributed by atoms with van der Waals surface area (Å²) in [5.74, 6) is 2.47. The second-order valence-electron chi connectivity index (χ2n) is 13.0. The summed E-state index contributed by atoms with van der Waals surface area (Å²) < 4.78 is 65.8. The van der Waals surface area contributed by atoms with Crippen LogP contribution < -0.4 is 4.74 Å². The second kappa shape index (κ2) is 23.9. The topological polar surface area (TPSA) is 102 Å². The number of hydrogen-bond acceptors (Lipinski definition) is 11. The number of hydrogen-bond donors (Lipinski definition) is 0. The van der Waals surface area contributed by atoms with Gasteiger partial charge in [-0.05, 0) is 65.5 Å². The Hall–Kier alpha value is -2.58. The minimum Gasteiger partial charge on any atom is -0.497 e. The van der Waals surface area contributed by atoms with Gasteiger partial charge >= 0.3 is 0 Å². The molecule has 3 aliphatic rings. The molecule has 2 unspecified atom stereocenters. The van der Waals surface area contributed by atoms with E-state index >= 15 is 0 Å². The van der Waals surface area contributed by atoms with Gasteiger partial charge in [0, 0.05) is 12.2 Å². The molecule has 11 heteroatoms. The zero-order valence-corrected chi connectivity index (χ0v) is 30.5. The van der Waals surface area contributed by atoms with Crippen molar-refractivity contribution in [3.8, 4) is 5.75 Å². The molecule has 0 amide bonds. The molecule has 51 heavy (non-hydrogen) atoms. The van der Waals surface area contributed by atoms with Crippen molar-refractivity contribution in [2.24, 2.45) is 11.8 Å². The van der Waals surface area contributed by atoms with E-state index in [4.69, 9.17) is 52.1 Å². The molecule has 2 atom stereocenters. The summed E-state index contributed by atoms with van der Waals surface area (Å²) in [6.07, 6.45) is 4.54. The summed E-state index contributed by atoms with van der Waals surface area (Å²) in [6, 6.07) is 14.4. The molecule has 2 aromatic carbocycles. The van der Waals surface area contributed by atoms with E-state index in [1.165, 1.54) is 12.8 Å². The van der Waals surface area contributed by atoms with Crippen LogP contribution in [0.3, 0.4) is 0 Å². The molecule has 1 saturated carbocycles. The fourth-order valence-corrected chi connectivity index (χ4v) is 6.64. The summed E-state index contributed by atoms with van der Waals surface area (Å²) in [4.78, 5) is 0. The lowest BCUT2D eigenvalue weighted by molar-refractivity contribution is -0.0162. The molecular formula is C40H58O11. The van der Waals surface area contributed by atoms with E-state index in [0.29, 0.717) is 124 Å². The van der Waals surface area contributed by atoms with E-state index in [2.05, 4.69) is 30.3 Å². The lowest BCUT2D eigenvalue weighted by Crippen LogP contribution is -2.24. The van der Waals surface area contributed by atoms with Gasteiger partial charge in [0.1, 0.15) is 18.1 Å². The zero-order valence-electron chi connectivity index (χ0n) is 30.5. The zero-order chi connectivity index (χ0) is 35.2. The Bertz CT molecular complexity index is 1230. The monoisotopic (exact) mass is 714 g/mol. The van der Waals surface area contributed by atoms with Crippen molar-refractivity contribution < 1.29 is 52.1 Å². The fraction of sp³-hybridized carbons (Fsp3) is 0.650. The van der Waals surface area contributed by atoms with Crippen molar-refractivity contribution in [1.82, 2.24) is 0 Å². The average molecular weight is 715 g/mol. The van der Waals surface area contributed by atoms with Crippen molar-refractivity contribution in [2.45, 2.75) is 38.9 Å². The first-order chi connectivity index (χ1) is 25.3. The van der Waals surface area contributed by atoms with E-state index in [-0.39, 0.29) is 6.61 Å². The number of benzene rings is 2. The van der Waals surface area contributed by atoms with E-state index in [9.17, 15) is 0 Å². The molecule has 4 bridgehead atoms. The van der Waals surface area contributed by atoms with Crippen molar-refractivity contribution in [3.63, 3.8) is 0 Å². The minimum atomic E-state index is 0.278. The Morgan fingerprint density at radius 3 is 1.53 bits per heavy atom. The Labute approximate surface area is 303 Å². The fourth-order valence-electron chi connectivity index (χ4n) is 6.64. The third kappa shape index (κ3) is 14.1. The van der Waals surface area contributed by atoms with Crippen LogP contribution in [0.1, 0.15) is 47.9 Å². The highest BCUT2D eigenvalue weighted by Gasteiger charge is 2.26. The van der Waals surface area contributed by atoms with Gasteiger partial charge in [0.15, 0.2) is 0 Å². The van der Waals surface area contributed by atoms with Crippen LogP contribution >= 0.6 is 0 Å². The highest BCUT2D eigenvalue weighted by Crippen LogP contribution is 2.36. The lowest BCUT2D eigenvalue weighted by atomic mass is 9.82. The predicted molar refractivity (Wildman–Crippen MR) is 192 cm³/mol. The van der Waals surface area contributed by atoms with E-state index < -0.39 is 0 Å². The highest BCUT2D eigenvalue weighted by molar-refractivity contribution is 5.84. The van der Waals surface area contributed by atoms with Gasteiger partial charge in [-0.1, -0.05) is 36.8 Å². The maximum absolute atomic E-state index is 6.93. The molecular weight excluding hydrogens is 656 g/mol. The first kappa shape index (κ1) is 39.6. The van der Waals surface area contributed by atoms with Crippen LogP contribution in [0.2, 0.25) is 0 Å². The molecule has 2 aliphatic heterocycles. The predicted octanol–water partition coefficient (Wildman–Crippen LogP) is 5.45. The summed E-state index contributed by atoms with van der Waals surface area (Å²) in [5.41, 5.74) is 5.01. The maximum Gasteiger partial charge on any atom is 0.130 e. The van der Waals surface area contributed by atoms with Crippen LogP contribution in [0.5, 0.6) is 5.75 Å². The first-order valence-electron chi connectivity index (χ1n) is 18.6. The van der Waals surface area contributed by atoms with E-state index in [0.717, 1.165) is 58.8 Å². The molecule has 0 spiro atoms. The molecule has 2 heterocycles. The molecule has 2 aromatic rings. The SMILES string of the molecule is COc1ccc(/C(=C2\COCCOCCOCCOCC3CCCC(CO2)C3)c2c3cccc2COCCOCCOCCOCCOC3)cc1. The van der Waals surface area contributed by atoms with Crippen molar-refractivity contribution in [3.05, 3.63) is 70.5 Å². The van der Waals surface area contributed by atoms with E-state index in [1.807, 2.05) is 12.1 Å². The van der Waals surface area contributed by atoms with Crippen molar-refractivity contribution in [1.29, 1.82) is 0 Å². The molecule has 0 aromatic heterocycles. The summed E-state index contributed by atoms with van der Waals surface area (Å²) >= 11 is 0. The quantitative estimate of drug-likeness (QED) is 0.406. The van der Waals surface area contributed by atoms with Gasteiger partial charge in [-0.15, -0.1) is 0 Å². The van der Waals surface area contributed by atoms with Gasteiger partial charge in [-0.25, -0.2) is 0 Å². The van der Waals surface area contributed by atoms with Crippen LogP contribution in [-0.2, 0) is 60.6 Å². The molecule has 1 saturated heterocycles.